The molecule has 1 aliphatic rings. The average molecular weight is 1060 g/mol. The number of nitrogens with two attached hydrogens (primary N) is 2. The number of H-pyrrole nitrogens is 1. The quantitative estimate of drug-likeness (QED) is 0.0674. The standard InChI is InChI=1S/C50H64N10O12S2/c1-26(2)40(49(71)72)59-47(69)38-25-73-74-50(3,4)41(60-42(64)32(52)23-39(62)63)48(70)57-36(20-27-10-6-5-7-11-27)44(66)56-37(22-29-24-53-33-13-9-8-12-31(29)33)46(68)54-34(18-19-51)43(65)55-35(45(67)58-38)21-28-14-16-30(61)17-15-28/h5-17,24,26,32,34-38,40-41,53,61H,18-23,25,51-52H2,1-4H3,(H,54,68)(H,55,65)(H,56,66)(H,57,70)(H,58,67)(H,59,69)(H,60,64)(H,62,63)(H,71,72)/t32-,34-,35-,36-,37+,38-,40-,41-/m0/s1. The molecule has 3 aromatic carbocycles. The zero-order chi connectivity index (χ0) is 54.3. The molecule has 8 atom stereocenters. The van der Waals surface area contributed by atoms with Gasteiger partial charge in [-0.1, -0.05) is 96.1 Å². The molecule has 1 aliphatic heterocycles. The lowest BCUT2D eigenvalue weighted by molar-refractivity contribution is -0.143. The summed E-state index contributed by atoms with van der Waals surface area (Å²) in [5.74, 6) is -10.1. The third-order valence-electron chi connectivity index (χ3n) is 12.1. The Morgan fingerprint density at radius 2 is 1.27 bits per heavy atom. The Morgan fingerprint density at radius 3 is 1.86 bits per heavy atom. The minimum absolute atomic E-state index is 0.0837. The van der Waals surface area contributed by atoms with Crippen LogP contribution in [-0.2, 0) is 62.4 Å². The van der Waals surface area contributed by atoms with Crippen molar-refractivity contribution in [1.29, 1.82) is 0 Å². The Morgan fingerprint density at radius 1 is 0.730 bits per heavy atom. The van der Waals surface area contributed by atoms with Crippen LogP contribution in [0.25, 0.3) is 10.9 Å². The molecule has 74 heavy (non-hydrogen) atoms. The van der Waals surface area contributed by atoms with Gasteiger partial charge in [-0.15, -0.1) is 0 Å². The molecule has 0 spiro atoms. The van der Waals surface area contributed by atoms with E-state index in [4.69, 9.17) is 11.5 Å². The van der Waals surface area contributed by atoms with E-state index in [0.29, 0.717) is 16.7 Å². The fourth-order valence-corrected chi connectivity index (χ4v) is 10.8. The number of carboxylic acid groups (broad SMARTS) is 2. The topological polar surface area (TPSA) is 366 Å². The van der Waals surface area contributed by atoms with E-state index in [0.717, 1.165) is 32.5 Å². The summed E-state index contributed by atoms with van der Waals surface area (Å²) in [7, 11) is 1.90. The van der Waals surface area contributed by atoms with Crippen molar-refractivity contribution in [2.75, 3.05) is 12.3 Å². The van der Waals surface area contributed by atoms with Crippen LogP contribution in [0, 0.1) is 5.92 Å². The van der Waals surface area contributed by atoms with E-state index in [1.165, 1.54) is 24.3 Å². The van der Waals surface area contributed by atoms with Crippen LogP contribution in [0.15, 0.2) is 85.1 Å². The SMILES string of the molecule is CC(C)[C@H](NC(=O)[C@@H]1CSSC(C)(C)[C@@H](NC(=O)[C@@H](N)CC(=O)O)C(=O)N[C@@H](Cc2ccccc2)C(=O)N[C@H](Cc2c[nH]c3ccccc23)C(=O)N[C@@H](CCN)C(=O)N[C@@H](Cc2ccc(O)cc2)C(=O)N1)C(=O)O. The highest BCUT2D eigenvalue weighted by molar-refractivity contribution is 8.77. The maximum absolute atomic E-state index is 14.8. The molecule has 0 bridgehead atoms. The number of aromatic amines is 1. The number of aromatic nitrogens is 1. The molecule has 0 radical (unpaired) electrons. The van der Waals surface area contributed by atoms with Gasteiger partial charge in [0.25, 0.3) is 0 Å². The van der Waals surface area contributed by atoms with Crippen molar-refractivity contribution in [2.45, 2.75) is 113 Å². The van der Waals surface area contributed by atoms with E-state index >= 15 is 0 Å². The fraction of sp³-hybridized carbons (Fsp3) is 0.420. The van der Waals surface area contributed by atoms with Crippen LogP contribution in [0.3, 0.4) is 0 Å². The Hall–Kier alpha value is -7.15. The highest BCUT2D eigenvalue weighted by Gasteiger charge is 2.42. The summed E-state index contributed by atoms with van der Waals surface area (Å²) in [6, 6.07) is 9.70. The van der Waals surface area contributed by atoms with E-state index in [1.807, 2.05) is 18.2 Å². The normalized spacial score (nSPS) is 22.2. The largest absolute Gasteiger partial charge is 0.508 e. The summed E-state index contributed by atoms with van der Waals surface area (Å²) in [5.41, 5.74) is 14.3. The number of phenolic OH excluding ortho intramolecular Hbond substituents is 1. The first-order chi connectivity index (χ1) is 35.1. The molecule has 0 unspecified atom stereocenters. The van der Waals surface area contributed by atoms with Crippen molar-refractivity contribution in [2.24, 2.45) is 17.4 Å². The minimum Gasteiger partial charge on any atom is -0.508 e. The number of fused-ring (bicyclic) bond motifs is 1. The second-order valence-electron chi connectivity index (χ2n) is 18.7. The number of carboxylic acids is 2. The summed E-state index contributed by atoms with van der Waals surface area (Å²) in [6.07, 6.45) is 0.226. The summed E-state index contributed by atoms with van der Waals surface area (Å²) in [6.45, 7) is 6.10. The molecular formula is C50H64N10O12S2. The average Bonchev–Trinajstić information content (AvgIpc) is 3.75. The Kier molecular flexibility index (Phi) is 20.8. The van der Waals surface area contributed by atoms with Crippen LogP contribution in [-0.4, -0.2) is 139 Å². The molecular weight excluding hydrogens is 997 g/mol. The van der Waals surface area contributed by atoms with Crippen molar-refractivity contribution in [1.82, 2.24) is 42.2 Å². The highest BCUT2D eigenvalue weighted by Crippen LogP contribution is 2.39. The number of rotatable bonds is 16. The predicted octanol–water partition coefficient (Wildman–Crippen LogP) is 0.360. The van der Waals surface area contributed by atoms with E-state index in [2.05, 4.69) is 42.2 Å². The van der Waals surface area contributed by atoms with Gasteiger partial charge in [-0.25, -0.2) is 4.79 Å². The Labute approximate surface area is 434 Å². The Bertz CT molecular complexity index is 2650. The van der Waals surface area contributed by atoms with Gasteiger partial charge >= 0.3 is 11.9 Å². The van der Waals surface area contributed by atoms with Crippen LogP contribution in [0.5, 0.6) is 5.75 Å². The van der Waals surface area contributed by atoms with Gasteiger partial charge in [0, 0.05) is 46.9 Å². The molecule has 0 aliphatic carbocycles. The van der Waals surface area contributed by atoms with Gasteiger partial charge in [0.1, 0.15) is 48.0 Å². The van der Waals surface area contributed by atoms with Crippen LogP contribution in [0.4, 0.5) is 0 Å². The van der Waals surface area contributed by atoms with Crippen molar-refractivity contribution < 1.29 is 58.5 Å². The first-order valence-corrected chi connectivity index (χ1v) is 26.1. The number of benzene rings is 3. The van der Waals surface area contributed by atoms with Crippen LogP contribution < -0.4 is 48.7 Å². The zero-order valence-electron chi connectivity index (χ0n) is 41.2. The number of nitrogens with one attached hydrogen (secondary N) is 8. The lowest BCUT2D eigenvalue weighted by atomic mass is 9.98. The molecule has 0 saturated carbocycles. The molecule has 398 valence electrons. The van der Waals surface area contributed by atoms with Crippen molar-refractivity contribution >= 4 is 85.8 Å². The van der Waals surface area contributed by atoms with Crippen molar-refractivity contribution in [3.63, 3.8) is 0 Å². The maximum atomic E-state index is 14.8. The highest BCUT2D eigenvalue weighted by atomic mass is 33.1. The molecule has 1 saturated heterocycles. The first-order valence-electron chi connectivity index (χ1n) is 23.8. The Balaban J connectivity index is 1.65. The van der Waals surface area contributed by atoms with Crippen molar-refractivity contribution in [3.8, 4) is 5.75 Å². The number of aromatic hydroxyl groups is 1. The molecule has 15 N–H and O–H groups in total. The van der Waals surface area contributed by atoms with E-state index in [1.54, 1.807) is 70.3 Å². The number of hydrogen-bond donors (Lipinski definition) is 13. The zero-order valence-corrected chi connectivity index (χ0v) is 42.8. The number of aliphatic carboxylic acids is 2. The monoisotopic (exact) mass is 1060 g/mol. The van der Waals surface area contributed by atoms with Gasteiger partial charge in [-0.3, -0.25) is 38.4 Å². The lowest BCUT2D eigenvalue weighted by Gasteiger charge is -2.35. The van der Waals surface area contributed by atoms with E-state index < -0.39 is 119 Å². The number of carbonyl (C=O) groups excluding carboxylic acids is 7. The number of phenols is 1. The number of carbonyl (C=O) groups is 9. The molecule has 1 aromatic heterocycles. The maximum Gasteiger partial charge on any atom is 0.326 e. The van der Waals surface area contributed by atoms with Crippen LogP contribution >= 0.6 is 21.6 Å². The van der Waals surface area contributed by atoms with E-state index in [9.17, 15) is 58.5 Å². The summed E-state index contributed by atoms with van der Waals surface area (Å²) in [4.78, 5) is 128. The fourth-order valence-electron chi connectivity index (χ4n) is 7.98. The predicted molar refractivity (Wildman–Crippen MR) is 278 cm³/mol. The summed E-state index contributed by atoms with van der Waals surface area (Å²) >= 11 is 0. The first kappa shape index (κ1) is 57.7. The smallest absolute Gasteiger partial charge is 0.326 e. The number of amides is 7. The van der Waals surface area contributed by atoms with Gasteiger partial charge < -0.3 is 69.0 Å². The second kappa shape index (κ2) is 26.7. The van der Waals surface area contributed by atoms with Gasteiger partial charge in [-0.05, 0) is 67.6 Å². The van der Waals surface area contributed by atoms with Gasteiger partial charge in [0.15, 0.2) is 0 Å². The molecule has 5 rings (SSSR count). The van der Waals surface area contributed by atoms with Gasteiger partial charge in [-0.2, -0.15) is 0 Å². The summed E-state index contributed by atoms with van der Waals surface area (Å²) in [5, 5.41) is 48.8. The third-order valence-corrected chi connectivity index (χ3v) is 15.4. The molecule has 24 heteroatoms. The molecule has 1 fully saturated rings. The van der Waals surface area contributed by atoms with E-state index in [-0.39, 0.29) is 43.7 Å². The minimum atomic E-state index is -1.62. The molecule has 22 nitrogen and oxygen atoms in total. The molecule has 4 aromatic rings. The second-order valence-corrected chi connectivity index (χ2v) is 21.7. The van der Waals surface area contributed by atoms with Crippen LogP contribution in [0.2, 0.25) is 0 Å². The van der Waals surface area contributed by atoms with Gasteiger partial charge in [0.2, 0.25) is 41.4 Å². The summed E-state index contributed by atoms with van der Waals surface area (Å²) < 4.78 is -1.42. The number of para-hydroxylation sites is 1. The lowest BCUT2D eigenvalue weighted by Crippen LogP contribution is -2.63. The van der Waals surface area contributed by atoms with Crippen molar-refractivity contribution in [3.05, 3.63) is 102 Å². The van der Waals surface area contributed by atoms with Gasteiger partial charge in [0.05, 0.1) is 12.5 Å². The third kappa shape index (κ3) is 16.4. The molecule has 2 heterocycles. The number of hydrogen-bond acceptors (Lipinski definition) is 14. The van der Waals surface area contributed by atoms with Crippen LogP contribution in [0.1, 0.15) is 57.2 Å². The molecule has 7 amide bonds.